The van der Waals surface area contributed by atoms with Crippen LogP contribution in [0, 0.1) is 5.92 Å². The van der Waals surface area contributed by atoms with Crippen LogP contribution in [0.5, 0.6) is 17.2 Å². The summed E-state index contributed by atoms with van der Waals surface area (Å²) in [5.74, 6) is -0.347. The lowest BCUT2D eigenvalue weighted by molar-refractivity contribution is -0.116. The van der Waals surface area contributed by atoms with Gasteiger partial charge >= 0.3 is 0 Å². The van der Waals surface area contributed by atoms with Gasteiger partial charge in [-0.2, -0.15) is 0 Å². The zero-order valence-electron chi connectivity index (χ0n) is 14.4. The maximum atomic E-state index is 12.4. The minimum atomic E-state index is -0.788. The van der Waals surface area contributed by atoms with Crippen molar-refractivity contribution in [3.8, 4) is 17.2 Å². The molecule has 0 amide bonds. The fraction of sp³-hybridized carbons (Fsp3) is 0.200. The van der Waals surface area contributed by atoms with Gasteiger partial charge in [-0.15, -0.1) is 0 Å². The first kappa shape index (κ1) is 18.3. The second kappa shape index (κ2) is 8.15. The van der Waals surface area contributed by atoms with Gasteiger partial charge in [0.25, 0.3) is 0 Å². The Morgan fingerprint density at radius 2 is 1.72 bits per heavy atom. The molecule has 2 aromatic rings. The smallest absolute Gasteiger partial charge is 0.173 e. The first-order valence-electron chi connectivity index (χ1n) is 7.73. The van der Waals surface area contributed by atoms with E-state index >= 15 is 0 Å². The van der Waals surface area contributed by atoms with Crippen LogP contribution in [-0.2, 0) is 4.79 Å². The van der Waals surface area contributed by atoms with Gasteiger partial charge in [0, 0.05) is 5.56 Å². The molecule has 0 aliphatic rings. The molecule has 1 N–H and O–H groups in total. The minimum absolute atomic E-state index is 0.0222. The highest BCUT2D eigenvalue weighted by atomic mass is 16.5. The van der Waals surface area contributed by atoms with E-state index in [1.807, 2.05) is 0 Å². The summed E-state index contributed by atoms with van der Waals surface area (Å²) in [6, 6.07) is 11.4. The van der Waals surface area contributed by atoms with Crippen LogP contribution in [0.2, 0.25) is 0 Å². The fourth-order valence-corrected chi connectivity index (χ4v) is 2.26. The standard InChI is InChI=1S/C20H20O5/c1-13(20(23)15-6-8-16(24-2)9-7-15)17(21)10-4-14-5-11-18(22)19(12-14)25-3/h4-13,22H,1-3H3/b10-4+. The second-order valence-corrected chi connectivity index (χ2v) is 5.48. The van der Waals surface area contributed by atoms with Crippen molar-refractivity contribution < 1.29 is 24.2 Å². The van der Waals surface area contributed by atoms with Crippen molar-refractivity contribution in [1.29, 1.82) is 0 Å². The highest BCUT2D eigenvalue weighted by Gasteiger charge is 2.20. The van der Waals surface area contributed by atoms with E-state index in [0.29, 0.717) is 22.6 Å². The van der Waals surface area contributed by atoms with Crippen molar-refractivity contribution in [2.45, 2.75) is 6.92 Å². The number of aromatic hydroxyl groups is 1. The summed E-state index contributed by atoms with van der Waals surface area (Å²) in [5.41, 5.74) is 1.15. The molecule has 0 saturated heterocycles. The van der Waals surface area contributed by atoms with Gasteiger partial charge in [-0.25, -0.2) is 0 Å². The average Bonchev–Trinajstić information content (AvgIpc) is 2.65. The average molecular weight is 340 g/mol. The largest absolute Gasteiger partial charge is 0.504 e. The van der Waals surface area contributed by atoms with Crippen LogP contribution in [0.25, 0.3) is 6.08 Å². The highest BCUT2D eigenvalue weighted by Crippen LogP contribution is 2.26. The van der Waals surface area contributed by atoms with Gasteiger partial charge in [-0.1, -0.05) is 12.1 Å². The number of benzene rings is 2. The van der Waals surface area contributed by atoms with Gasteiger partial charge in [0.2, 0.25) is 0 Å². The van der Waals surface area contributed by atoms with Gasteiger partial charge in [-0.05, 0) is 55.0 Å². The Hall–Kier alpha value is -3.08. The van der Waals surface area contributed by atoms with Crippen LogP contribution in [0.3, 0.4) is 0 Å². The number of carbonyl (C=O) groups is 2. The third-order valence-corrected chi connectivity index (χ3v) is 3.84. The number of hydrogen-bond donors (Lipinski definition) is 1. The molecule has 0 bridgehead atoms. The Morgan fingerprint density at radius 3 is 2.32 bits per heavy atom. The van der Waals surface area contributed by atoms with E-state index in [-0.39, 0.29) is 17.3 Å². The number of methoxy groups -OCH3 is 2. The van der Waals surface area contributed by atoms with Crippen molar-refractivity contribution in [2.75, 3.05) is 14.2 Å². The Bertz CT molecular complexity index is 790. The van der Waals surface area contributed by atoms with Crippen LogP contribution < -0.4 is 9.47 Å². The molecule has 130 valence electrons. The molecule has 25 heavy (non-hydrogen) atoms. The van der Waals surface area contributed by atoms with Gasteiger partial charge < -0.3 is 14.6 Å². The summed E-state index contributed by atoms with van der Waals surface area (Å²) in [4.78, 5) is 24.7. The molecule has 0 saturated carbocycles. The van der Waals surface area contributed by atoms with Crippen LogP contribution in [-0.4, -0.2) is 30.9 Å². The van der Waals surface area contributed by atoms with Crippen LogP contribution in [0.1, 0.15) is 22.8 Å². The van der Waals surface area contributed by atoms with Gasteiger partial charge in [0.1, 0.15) is 5.75 Å². The topological polar surface area (TPSA) is 72.8 Å². The molecule has 0 aliphatic carbocycles. The third kappa shape index (κ3) is 4.47. The molecule has 0 radical (unpaired) electrons. The molecule has 1 unspecified atom stereocenters. The number of ether oxygens (including phenoxy) is 2. The number of phenolic OH excluding ortho intramolecular Hbond substituents is 1. The molecule has 5 nitrogen and oxygen atoms in total. The Kier molecular flexibility index (Phi) is 5.95. The SMILES string of the molecule is COc1ccc(C(=O)C(C)C(=O)/C=C/c2ccc(O)c(OC)c2)cc1. The predicted octanol–water partition coefficient (Wildman–Crippen LogP) is 3.51. The number of Topliss-reactive ketones (excluding diaryl/α,β-unsaturated/α-hetero) is 1. The molecule has 0 fully saturated rings. The highest BCUT2D eigenvalue weighted by molar-refractivity contribution is 6.14. The maximum Gasteiger partial charge on any atom is 0.173 e. The molecule has 0 aromatic heterocycles. The first-order valence-corrected chi connectivity index (χ1v) is 7.73. The Labute approximate surface area is 146 Å². The monoisotopic (exact) mass is 340 g/mol. The maximum absolute atomic E-state index is 12.4. The molecule has 1 atom stereocenters. The molecule has 0 heterocycles. The number of allylic oxidation sites excluding steroid dienone is 1. The summed E-state index contributed by atoms with van der Waals surface area (Å²) in [6.07, 6.45) is 2.94. The van der Waals surface area contributed by atoms with E-state index in [1.54, 1.807) is 56.5 Å². The van der Waals surface area contributed by atoms with E-state index in [2.05, 4.69) is 0 Å². The number of carbonyl (C=O) groups excluding carboxylic acids is 2. The molecule has 5 heteroatoms. The molecule has 2 aromatic carbocycles. The summed E-state index contributed by atoms with van der Waals surface area (Å²) in [6.45, 7) is 1.58. The number of phenols is 1. The molecular formula is C20H20O5. The number of hydrogen-bond acceptors (Lipinski definition) is 5. The summed E-state index contributed by atoms with van der Waals surface area (Å²) >= 11 is 0. The summed E-state index contributed by atoms with van der Waals surface area (Å²) in [7, 11) is 3.00. The predicted molar refractivity (Wildman–Crippen MR) is 95.2 cm³/mol. The molecule has 2 rings (SSSR count). The van der Waals surface area contributed by atoms with Crippen LogP contribution in [0.15, 0.2) is 48.5 Å². The van der Waals surface area contributed by atoms with E-state index in [1.165, 1.54) is 19.3 Å². The van der Waals surface area contributed by atoms with E-state index in [4.69, 9.17) is 9.47 Å². The zero-order chi connectivity index (χ0) is 18.4. The van der Waals surface area contributed by atoms with Crippen molar-refractivity contribution in [2.24, 2.45) is 5.92 Å². The third-order valence-electron chi connectivity index (χ3n) is 3.84. The van der Waals surface area contributed by atoms with E-state index in [9.17, 15) is 14.7 Å². The van der Waals surface area contributed by atoms with E-state index < -0.39 is 5.92 Å². The van der Waals surface area contributed by atoms with Gasteiger partial charge in [-0.3, -0.25) is 9.59 Å². The molecule has 0 aliphatic heterocycles. The zero-order valence-corrected chi connectivity index (χ0v) is 14.4. The van der Waals surface area contributed by atoms with Crippen LogP contribution >= 0.6 is 0 Å². The fourth-order valence-electron chi connectivity index (χ4n) is 2.26. The number of rotatable bonds is 7. The van der Waals surface area contributed by atoms with Crippen molar-refractivity contribution >= 4 is 17.6 Å². The summed E-state index contributed by atoms with van der Waals surface area (Å²) < 4.78 is 10.1. The van der Waals surface area contributed by atoms with Gasteiger partial charge in [0.15, 0.2) is 23.1 Å². The van der Waals surface area contributed by atoms with Crippen molar-refractivity contribution in [1.82, 2.24) is 0 Å². The summed E-state index contributed by atoms with van der Waals surface area (Å²) in [5, 5.41) is 9.57. The van der Waals surface area contributed by atoms with E-state index in [0.717, 1.165) is 0 Å². The minimum Gasteiger partial charge on any atom is -0.504 e. The quantitative estimate of drug-likeness (QED) is 0.474. The molecule has 0 spiro atoms. The number of ketones is 2. The molecular weight excluding hydrogens is 320 g/mol. The lowest BCUT2D eigenvalue weighted by Gasteiger charge is -2.08. The second-order valence-electron chi connectivity index (χ2n) is 5.48. The van der Waals surface area contributed by atoms with Crippen molar-refractivity contribution in [3.63, 3.8) is 0 Å². The first-order chi connectivity index (χ1) is 12.0. The Balaban J connectivity index is 2.09. The Morgan fingerprint density at radius 1 is 1.04 bits per heavy atom. The van der Waals surface area contributed by atoms with Crippen molar-refractivity contribution in [3.05, 3.63) is 59.7 Å². The lowest BCUT2D eigenvalue weighted by atomic mass is 9.95. The van der Waals surface area contributed by atoms with Crippen LogP contribution in [0.4, 0.5) is 0 Å². The van der Waals surface area contributed by atoms with Gasteiger partial charge in [0.05, 0.1) is 20.1 Å². The normalized spacial score (nSPS) is 12.0. The lowest BCUT2D eigenvalue weighted by Crippen LogP contribution is -2.19.